The Labute approximate surface area is 102 Å². The maximum atomic E-state index is 5.60. The maximum Gasteiger partial charge on any atom is 0.0594 e. The Hall–Kier alpha value is -0.120. The molecule has 0 saturated heterocycles. The molecule has 0 unspecified atom stereocenters. The Balaban J connectivity index is 3.32. The van der Waals surface area contributed by atoms with Crippen LogP contribution in [-0.4, -0.2) is 50.3 Å². The predicted molar refractivity (Wildman–Crippen MR) is 71.0 cm³/mol. The lowest BCUT2D eigenvalue weighted by atomic mass is 10.3. The molecule has 0 rings (SSSR count). The Morgan fingerprint density at radius 1 is 1.00 bits per heavy atom. The molecule has 0 fully saturated rings. The van der Waals surface area contributed by atoms with E-state index in [2.05, 4.69) is 37.9 Å². The summed E-state index contributed by atoms with van der Waals surface area (Å²) in [5.74, 6) is 0. The average molecular weight is 230 g/mol. The molecule has 0 aliphatic rings. The molecule has 0 radical (unpaired) electrons. The van der Waals surface area contributed by atoms with Gasteiger partial charge in [-0.15, -0.1) is 0 Å². The van der Waals surface area contributed by atoms with Crippen LogP contribution in [0.4, 0.5) is 0 Å². The van der Waals surface area contributed by atoms with Crippen molar-refractivity contribution >= 4 is 0 Å². The van der Waals surface area contributed by atoms with Gasteiger partial charge in [0.15, 0.2) is 0 Å². The summed E-state index contributed by atoms with van der Waals surface area (Å²) in [6.45, 7) is 14.9. The van der Waals surface area contributed by atoms with Gasteiger partial charge in [0.1, 0.15) is 0 Å². The minimum Gasteiger partial charge on any atom is -0.379 e. The van der Waals surface area contributed by atoms with E-state index < -0.39 is 0 Å². The van der Waals surface area contributed by atoms with Crippen LogP contribution in [0.25, 0.3) is 0 Å². The van der Waals surface area contributed by atoms with Crippen molar-refractivity contribution in [3.05, 3.63) is 0 Å². The van der Waals surface area contributed by atoms with Crippen molar-refractivity contribution in [3.63, 3.8) is 0 Å². The Morgan fingerprint density at radius 2 is 1.62 bits per heavy atom. The first-order valence-electron chi connectivity index (χ1n) is 6.74. The van der Waals surface area contributed by atoms with Gasteiger partial charge in [0.05, 0.1) is 13.2 Å². The molecule has 0 spiro atoms. The lowest BCUT2D eigenvalue weighted by molar-refractivity contribution is 0.104. The van der Waals surface area contributed by atoms with E-state index in [4.69, 9.17) is 4.74 Å². The summed E-state index contributed by atoms with van der Waals surface area (Å²) in [6.07, 6.45) is 2.46. The maximum absolute atomic E-state index is 5.60. The molecule has 0 heterocycles. The molecule has 0 saturated carbocycles. The first kappa shape index (κ1) is 15.9. The third-order valence-corrected chi connectivity index (χ3v) is 2.43. The van der Waals surface area contributed by atoms with Crippen molar-refractivity contribution < 1.29 is 4.74 Å². The predicted octanol–water partition coefficient (Wildman–Crippen LogP) is 2.12. The van der Waals surface area contributed by atoms with Crippen LogP contribution in [0.2, 0.25) is 0 Å². The first-order chi connectivity index (χ1) is 7.70. The molecule has 3 nitrogen and oxygen atoms in total. The van der Waals surface area contributed by atoms with Crippen LogP contribution >= 0.6 is 0 Å². The molecule has 3 heteroatoms. The van der Waals surface area contributed by atoms with Gasteiger partial charge in [-0.3, -0.25) is 0 Å². The fourth-order valence-electron chi connectivity index (χ4n) is 1.68. The molecule has 0 aliphatic carbocycles. The second kappa shape index (κ2) is 11.4. The third kappa shape index (κ3) is 10.4. The number of hydrogen-bond acceptors (Lipinski definition) is 3. The summed E-state index contributed by atoms with van der Waals surface area (Å²) < 4.78 is 5.60. The molecule has 0 aromatic carbocycles. The van der Waals surface area contributed by atoms with E-state index in [0.717, 1.165) is 26.3 Å². The molecular formula is C13H30N2O. The summed E-state index contributed by atoms with van der Waals surface area (Å²) in [6, 6.07) is 0.556. The van der Waals surface area contributed by atoms with E-state index in [0.29, 0.717) is 6.04 Å². The SMILES string of the molecule is CCCN(CCC)CCOCCNC(C)C. The van der Waals surface area contributed by atoms with E-state index in [1.807, 2.05) is 0 Å². The summed E-state index contributed by atoms with van der Waals surface area (Å²) >= 11 is 0. The van der Waals surface area contributed by atoms with Gasteiger partial charge in [-0.05, 0) is 25.9 Å². The smallest absolute Gasteiger partial charge is 0.0594 e. The second-order valence-electron chi connectivity index (χ2n) is 4.56. The molecule has 16 heavy (non-hydrogen) atoms. The zero-order valence-electron chi connectivity index (χ0n) is 11.6. The first-order valence-corrected chi connectivity index (χ1v) is 6.74. The average Bonchev–Trinajstić information content (AvgIpc) is 2.23. The molecule has 0 aromatic heterocycles. The molecule has 0 aliphatic heterocycles. The van der Waals surface area contributed by atoms with Crippen LogP contribution in [-0.2, 0) is 4.74 Å². The van der Waals surface area contributed by atoms with Crippen LogP contribution in [0.1, 0.15) is 40.5 Å². The van der Waals surface area contributed by atoms with E-state index in [9.17, 15) is 0 Å². The van der Waals surface area contributed by atoms with Gasteiger partial charge in [-0.2, -0.15) is 0 Å². The number of rotatable bonds is 11. The van der Waals surface area contributed by atoms with E-state index in [1.165, 1.54) is 25.9 Å². The second-order valence-corrected chi connectivity index (χ2v) is 4.56. The fraction of sp³-hybridized carbons (Fsp3) is 1.00. The Kier molecular flexibility index (Phi) is 11.3. The van der Waals surface area contributed by atoms with Crippen LogP contribution in [0.5, 0.6) is 0 Å². The van der Waals surface area contributed by atoms with Crippen LogP contribution < -0.4 is 5.32 Å². The number of hydrogen-bond donors (Lipinski definition) is 1. The third-order valence-electron chi connectivity index (χ3n) is 2.43. The monoisotopic (exact) mass is 230 g/mol. The van der Waals surface area contributed by atoms with E-state index in [-0.39, 0.29) is 0 Å². The summed E-state index contributed by atoms with van der Waals surface area (Å²) in [4.78, 5) is 2.48. The standard InChI is InChI=1S/C13H30N2O/c1-5-8-15(9-6-2)10-12-16-11-7-14-13(3)4/h13-14H,5-12H2,1-4H3. The van der Waals surface area contributed by atoms with Gasteiger partial charge < -0.3 is 15.0 Å². The molecule has 0 amide bonds. The van der Waals surface area contributed by atoms with Crippen LogP contribution in [0, 0.1) is 0 Å². The normalized spacial score (nSPS) is 11.6. The highest BCUT2D eigenvalue weighted by Crippen LogP contribution is 1.93. The van der Waals surface area contributed by atoms with Crippen molar-refractivity contribution in [2.75, 3.05) is 39.4 Å². The van der Waals surface area contributed by atoms with Gasteiger partial charge >= 0.3 is 0 Å². The molecule has 0 atom stereocenters. The molecule has 0 bridgehead atoms. The van der Waals surface area contributed by atoms with Crippen molar-refractivity contribution in [1.29, 1.82) is 0 Å². The van der Waals surface area contributed by atoms with Crippen molar-refractivity contribution in [3.8, 4) is 0 Å². The zero-order chi connectivity index (χ0) is 12.2. The topological polar surface area (TPSA) is 24.5 Å². The van der Waals surface area contributed by atoms with Crippen molar-refractivity contribution in [2.24, 2.45) is 0 Å². The van der Waals surface area contributed by atoms with Crippen LogP contribution in [0.15, 0.2) is 0 Å². The van der Waals surface area contributed by atoms with Gasteiger partial charge in [-0.25, -0.2) is 0 Å². The molecular weight excluding hydrogens is 200 g/mol. The number of nitrogens with zero attached hydrogens (tertiary/aromatic N) is 1. The summed E-state index contributed by atoms with van der Waals surface area (Å²) in [5.41, 5.74) is 0. The summed E-state index contributed by atoms with van der Waals surface area (Å²) in [5, 5.41) is 3.35. The van der Waals surface area contributed by atoms with Gasteiger partial charge in [0.25, 0.3) is 0 Å². The molecule has 98 valence electrons. The van der Waals surface area contributed by atoms with E-state index >= 15 is 0 Å². The van der Waals surface area contributed by atoms with Gasteiger partial charge in [0, 0.05) is 19.1 Å². The Morgan fingerprint density at radius 3 is 2.12 bits per heavy atom. The largest absolute Gasteiger partial charge is 0.379 e. The molecule has 0 aromatic rings. The van der Waals surface area contributed by atoms with Crippen molar-refractivity contribution in [1.82, 2.24) is 10.2 Å². The van der Waals surface area contributed by atoms with Crippen LogP contribution in [0.3, 0.4) is 0 Å². The number of ether oxygens (including phenoxy) is 1. The Bertz CT molecular complexity index is 134. The van der Waals surface area contributed by atoms with E-state index in [1.54, 1.807) is 0 Å². The zero-order valence-corrected chi connectivity index (χ0v) is 11.6. The minimum absolute atomic E-state index is 0.556. The highest BCUT2D eigenvalue weighted by molar-refractivity contribution is 4.56. The quantitative estimate of drug-likeness (QED) is 0.550. The highest BCUT2D eigenvalue weighted by Gasteiger charge is 2.01. The minimum atomic E-state index is 0.556. The highest BCUT2D eigenvalue weighted by atomic mass is 16.5. The van der Waals surface area contributed by atoms with Crippen molar-refractivity contribution in [2.45, 2.75) is 46.6 Å². The van der Waals surface area contributed by atoms with Gasteiger partial charge in [-0.1, -0.05) is 27.7 Å². The molecule has 1 N–H and O–H groups in total. The lowest BCUT2D eigenvalue weighted by Gasteiger charge is -2.20. The lowest BCUT2D eigenvalue weighted by Crippen LogP contribution is -2.31. The fourth-order valence-corrected chi connectivity index (χ4v) is 1.68. The summed E-state index contributed by atoms with van der Waals surface area (Å²) in [7, 11) is 0. The van der Waals surface area contributed by atoms with Gasteiger partial charge in [0.2, 0.25) is 0 Å². The number of nitrogens with one attached hydrogen (secondary N) is 1.